The van der Waals surface area contributed by atoms with Crippen molar-refractivity contribution in [3.8, 4) is 0 Å². The predicted octanol–water partition coefficient (Wildman–Crippen LogP) is 1.74. The molecule has 2 heterocycles. The summed E-state index contributed by atoms with van der Waals surface area (Å²) in [7, 11) is 5.53. The summed E-state index contributed by atoms with van der Waals surface area (Å²) in [6.45, 7) is 13.3. The molecule has 0 radical (unpaired) electrons. The molecule has 0 spiro atoms. The zero-order chi connectivity index (χ0) is 33.2. The van der Waals surface area contributed by atoms with Crippen LogP contribution in [0.25, 0.3) is 0 Å². The Balaban J connectivity index is 2.57. The first-order valence-corrected chi connectivity index (χ1v) is 16.2. The number of rotatable bonds is 4. The molecule has 0 aromatic rings. The molecule has 2 aliphatic rings. The average Bonchev–Trinajstić information content (AvgIpc) is 2.88. The highest BCUT2D eigenvalue weighted by atomic mass is 127. The molecule has 13 heteroatoms. The number of likely N-dealkylation sites (N-methyl/N-ethyl adjacent to an activating group) is 2. The van der Waals surface area contributed by atoms with Crippen molar-refractivity contribution < 1.29 is 48.7 Å². The first-order valence-electron chi connectivity index (χ1n) is 15.0. The maximum absolute atomic E-state index is 13.8. The Morgan fingerprint density at radius 3 is 2.23 bits per heavy atom. The van der Waals surface area contributed by atoms with Gasteiger partial charge in [0.15, 0.2) is 22.3 Å². The maximum atomic E-state index is 13.8. The molecule has 0 saturated carbocycles. The van der Waals surface area contributed by atoms with E-state index in [1.807, 2.05) is 37.7 Å². The lowest BCUT2D eigenvalue weighted by Crippen LogP contribution is -2.59. The van der Waals surface area contributed by atoms with Gasteiger partial charge in [-0.15, -0.1) is 0 Å². The van der Waals surface area contributed by atoms with Crippen molar-refractivity contribution in [1.29, 1.82) is 0 Å². The molecule has 0 aliphatic carbocycles. The third-order valence-electron chi connectivity index (χ3n) is 8.92. The van der Waals surface area contributed by atoms with Crippen LogP contribution in [0.5, 0.6) is 0 Å². The molecule has 2 saturated heterocycles. The summed E-state index contributed by atoms with van der Waals surface area (Å²) in [6.07, 6.45) is -3.91. The fraction of sp³-hybridized carbons (Fsp3) is 0.900. The Morgan fingerprint density at radius 1 is 1.12 bits per heavy atom. The number of hydrogen-bond donors (Lipinski definition) is 3. The smallest absolute Gasteiger partial charge is 0.317 e. The Bertz CT molecular complexity index is 979. The van der Waals surface area contributed by atoms with Crippen LogP contribution in [0.2, 0.25) is 0 Å². The van der Waals surface area contributed by atoms with Crippen LogP contribution in [0, 0.1) is 17.8 Å². The van der Waals surface area contributed by atoms with Gasteiger partial charge in [0.1, 0.15) is 17.6 Å². The summed E-state index contributed by atoms with van der Waals surface area (Å²) in [6, 6.07) is -0.795. The zero-order valence-corrected chi connectivity index (χ0v) is 29.6. The molecule has 0 aromatic heterocycles. The van der Waals surface area contributed by atoms with Gasteiger partial charge >= 0.3 is 11.9 Å². The number of aliphatic hydroxyl groups is 3. The molecule has 2 aliphatic heterocycles. The van der Waals surface area contributed by atoms with E-state index in [9.17, 15) is 29.7 Å². The Hall–Kier alpha value is -0.940. The summed E-state index contributed by atoms with van der Waals surface area (Å²) in [5.74, 6) is -4.37. The van der Waals surface area contributed by atoms with Gasteiger partial charge in [0.05, 0.1) is 23.9 Å². The lowest BCUT2D eigenvalue weighted by Gasteiger charge is -2.46. The van der Waals surface area contributed by atoms with Gasteiger partial charge in [-0.2, -0.15) is 0 Å². The van der Waals surface area contributed by atoms with Gasteiger partial charge in [-0.25, -0.2) is 0 Å². The molecule has 0 amide bonds. The fourth-order valence-corrected chi connectivity index (χ4v) is 6.91. The lowest BCUT2D eigenvalue weighted by atomic mass is 9.78. The topological polar surface area (TPSA) is 155 Å². The molecule has 13 atom stereocenters. The van der Waals surface area contributed by atoms with Crippen LogP contribution in [-0.4, -0.2) is 129 Å². The summed E-state index contributed by atoms with van der Waals surface area (Å²) in [4.78, 5) is 42.9. The number of Topliss-reactive ketones (excluding diaryl/α,β-unsaturated/α-hetero) is 1. The predicted molar refractivity (Wildman–Crippen MR) is 167 cm³/mol. The van der Waals surface area contributed by atoms with E-state index in [4.69, 9.17) is 18.9 Å². The van der Waals surface area contributed by atoms with E-state index < -0.39 is 75.5 Å². The molecule has 12 nitrogen and oxygen atoms in total. The number of carbonyl (C=O) groups is 3. The molecule has 1 unspecified atom stereocenters. The lowest BCUT2D eigenvalue weighted by molar-refractivity contribution is -0.296. The summed E-state index contributed by atoms with van der Waals surface area (Å²) in [5.41, 5.74) is -3.42. The van der Waals surface area contributed by atoms with Crippen molar-refractivity contribution in [2.75, 3.05) is 27.7 Å². The monoisotopic (exact) mass is 728 g/mol. The second-order valence-electron chi connectivity index (χ2n) is 13.4. The maximum Gasteiger partial charge on any atom is 0.317 e. The number of hydrogen-bond acceptors (Lipinski definition) is 12. The minimum absolute atomic E-state index is 0.158. The highest BCUT2D eigenvalue weighted by Gasteiger charge is 2.50. The van der Waals surface area contributed by atoms with Crippen LogP contribution < -0.4 is 0 Å². The molecular formula is C30H53IN2O10. The Kier molecular flexibility index (Phi) is 13.4. The molecule has 0 aromatic carbocycles. The van der Waals surface area contributed by atoms with E-state index in [2.05, 4.69) is 0 Å². The quantitative estimate of drug-likeness (QED) is 0.167. The van der Waals surface area contributed by atoms with Crippen LogP contribution in [0.3, 0.4) is 0 Å². The third-order valence-corrected chi connectivity index (χ3v) is 10.4. The van der Waals surface area contributed by atoms with Crippen LogP contribution in [-0.2, 0) is 33.3 Å². The van der Waals surface area contributed by atoms with Crippen LogP contribution in [0.15, 0.2) is 0 Å². The van der Waals surface area contributed by atoms with E-state index in [0.717, 1.165) is 0 Å². The standard InChI is InChI=1S/C30H53IN2O10/c1-15-13-29(7,38)25(42-27-23(41-20(6)34)21(32(9)10)12-16(2)40-27)17(3)22(35)18(4)26(37)43-28(31)30(8,39)24(36)19(5)33(11)14-15/h15-19,21,23-25,27-28,36,38-39H,12-14H2,1-11H3/t15-,16-,17+,18-,19-,21?,23-,24-,25-,27+,28+,29-,30+/m1/s1. The number of ether oxygens (including phenoxy) is 4. The van der Waals surface area contributed by atoms with Crippen LogP contribution >= 0.6 is 22.6 Å². The van der Waals surface area contributed by atoms with Gasteiger partial charge < -0.3 is 44.1 Å². The van der Waals surface area contributed by atoms with E-state index in [1.165, 1.54) is 20.8 Å². The molecule has 2 rings (SSSR count). The van der Waals surface area contributed by atoms with E-state index in [1.54, 1.807) is 50.4 Å². The number of cyclic esters (lactones) is 1. The highest BCUT2D eigenvalue weighted by molar-refractivity contribution is 14.1. The number of nitrogens with zero attached hydrogens (tertiary/aromatic N) is 2. The first kappa shape index (κ1) is 38.2. The molecule has 3 N–H and O–H groups in total. The third kappa shape index (κ3) is 9.30. The Morgan fingerprint density at radius 2 is 1.70 bits per heavy atom. The van der Waals surface area contributed by atoms with Gasteiger partial charge in [-0.3, -0.25) is 14.4 Å². The van der Waals surface area contributed by atoms with Crippen molar-refractivity contribution in [2.24, 2.45) is 17.8 Å². The van der Waals surface area contributed by atoms with Gasteiger partial charge in [0.2, 0.25) is 0 Å². The van der Waals surface area contributed by atoms with Crippen LogP contribution in [0.1, 0.15) is 68.2 Å². The molecular weight excluding hydrogens is 675 g/mol. The van der Waals surface area contributed by atoms with E-state index in [-0.39, 0.29) is 24.5 Å². The fourth-order valence-electron chi connectivity index (χ4n) is 6.30. The van der Waals surface area contributed by atoms with Crippen LogP contribution in [0.4, 0.5) is 0 Å². The molecule has 43 heavy (non-hydrogen) atoms. The van der Waals surface area contributed by atoms with Crippen molar-refractivity contribution in [1.82, 2.24) is 9.80 Å². The average molecular weight is 729 g/mol. The zero-order valence-electron chi connectivity index (χ0n) is 27.4. The second-order valence-corrected chi connectivity index (χ2v) is 14.5. The minimum atomic E-state index is -1.82. The number of alkyl halides is 1. The minimum Gasteiger partial charge on any atom is -0.455 e. The van der Waals surface area contributed by atoms with Crippen molar-refractivity contribution in [3.63, 3.8) is 0 Å². The first-order chi connectivity index (χ1) is 19.6. The second kappa shape index (κ2) is 15.1. The normalized spacial score (nSPS) is 44.8. The van der Waals surface area contributed by atoms with Gasteiger partial charge in [0.25, 0.3) is 0 Å². The van der Waals surface area contributed by atoms with E-state index >= 15 is 0 Å². The summed E-state index contributed by atoms with van der Waals surface area (Å²) < 4.78 is 22.7. The molecule has 250 valence electrons. The van der Waals surface area contributed by atoms with E-state index in [0.29, 0.717) is 13.0 Å². The SMILES string of the molecule is CC(=O)O[C@@H]1C(N(C)C)C[C@@H](C)O[C@H]1O[C@@H]1[C@@H](C)C(=O)[C@@H](C)C(=O)O[C@H](I)[C@@](C)(O)[C@H](O)[C@@H](C)N(C)C[C@H](C)C[C@@]1(C)O. The highest BCUT2D eigenvalue weighted by Crippen LogP contribution is 2.36. The molecule has 2 fully saturated rings. The number of aliphatic hydroxyl groups excluding tert-OH is 1. The van der Waals surface area contributed by atoms with Crippen molar-refractivity contribution in [3.05, 3.63) is 0 Å². The van der Waals surface area contributed by atoms with Crippen molar-refractivity contribution >= 4 is 40.3 Å². The number of carbonyl (C=O) groups excluding carboxylic acids is 3. The number of halogens is 1. The summed E-state index contributed by atoms with van der Waals surface area (Å²) in [5, 5.41) is 34.2. The summed E-state index contributed by atoms with van der Waals surface area (Å²) >= 11 is 1.75. The number of esters is 2. The van der Waals surface area contributed by atoms with Gasteiger partial charge in [-0.05, 0) is 97.1 Å². The molecule has 0 bridgehead atoms. The van der Waals surface area contributed by atoms with Gasteiger partial charge in [-0.1, -0.05) is 13.8 Å². The van der Waals surface area contributed by atoms with Crippen molar-refractivity contribution in [2.45, 2.75) is 126 Å². The number of ketones is 1. The van der Waals surface area contributed by atoms with Gasteiger partial charge in [0, 0.05) is 25.4 Å². The largest absolute Gasteiger partial charge is 0.455 e. The Labute approximate surface area is 269 Å².